The van der Waals surface area contributed by atoms with Gasteiger partial charge < -0.3 is 4.74 Å². The molecule has 0 bridgehead atoms. The van der Waals surface area contributed by atoms with Gasteiger partial charge in [0.05, 0.1) is 25.0 Å². The second-order valence-corrected chi connectivity index (χ2v) is 5.13. The third kappa shape index (κ3) is 2.72. The van der Waals surface area contributed by atoms with Crippen LogP contribution in [0.5, 0.6) is 0 Å². The first-order valence-corrected chi connectivity index (χ1v) is 6.78. The van der Waals surface area contributed by atoms with Crippen molar-refractivity contribution in [2.24, 2.45) is 0 Å². The third-order valence-corrected chi connectivity index (χ3v) is 3.67. The van der Waals surface area contributed by atoms with E-state index >= 15 is 0 Å². The van der Waals surface area contributed by atoms with Crippen molar-refractivity contribution in [3.63, 3.8) is 0 Å². The van der Waals surface area contributed by atoms with Crippen molar-refractivity contribution in [3.05, 3.63) is 40.9 Å². The molecule has 0 amide bonds. The van der Waals surface area contributed by atoms with Gasteiger partial charge in [0, 0.05) is 37.1 Å². The minimum Gasteiger partial charge on any atom is -0.369 e. The van der Waals surface area contributed by atoms with E-state index in [0.29, 0.717) is 0 Å². The van der Waals surface area contributed by atoms with Crippen LogP contribution in [-0.4, -0.2) is 39.5 Å². The molecule has 18 heavy (non-hydrogen) atoms. The Labute approximate surface area is 109 Å². The van der Waals surface area contributed by atoms with Crippen molar-refractivity contribution in [1.82, 2.24) is 19.9 Å². The van der Waals surface area contributed by atoms with Crippen LogP contribution in [0.4, 0.5) is 0 Å². The maximum atomic E-state index is 5.75. The highest BCUT2D eigenvalue weighted by Gasteiger charge is 2.23. The van der Waals surface area contributed by atoms with Gasteiger partial charge in [0.2, 0.25) is 0 Å². The minimum absolute atomic E-state index is 0.0208. The summed E-state index contributed by atoms with van der Waals surface area (Å²) >= 11 is 1.69. The molecule has 0 aliphatic carbocycles. The molecule has 3 rings (SSSR count). The highest BCUT2D eigenvalue weighted by Crippen LogP contribution is 2.21. The fraction of sp³-hybridized carbons (Fsp3) is 0.417. The number of morpholine rings is 1. The van der Waals surface area contributed by atoms with E-state index in [-0.39, 0.29) is 6.10 Å². The Balaban J connectivity index is 1.65. The van der Waals surface area contributed by atoms with Crippen LogP contribution in [0.1, 0.15) is 16.8 Å². The first-order valence-electron chi connectivity index (χ1n) is 5.90. The molecule has 1 atom stereocenters. The summed E-state index contributed by atoms with van der Waals surface area (Å²) in [7, 11) is 0. The van der Waals surface area contributed by atoms with Gasteiger partial charge in [-0.15, -0.1) is 11.3 Å². The van der Waals surface area contributed by atoms with E-state index in [1.54, 1.807) is 29.9 Å². The molecule has 94 valence electrons. The van der Waals surface area contributed by atoms with Gasteiger partial charge in [-0.3, -0.25) is 14.9 Å². The average molecular weight is 262 g/mol. The van der Waals surface area contributed by atoms with Crippen LogP contribution in [0, 0.1) is 0 Å². The summed E-state index contributed by atoms with van der Waals surface area (Å²) in [6.45, 7) is 3.40. The normalized spacial score (nSPS) is 21.0. The predicted octanol–water partition coefficient (Wildman–Crippen LogP) is 1.51. The standard InChI is InChI=1S/C12H14N4OS/c1-2-14-10(7-13-1)11-8-16(4-5-17-11)9-12-15-3-6-18-12/h1-3,6-7,11H,4-5,8-9H2/t11-/m0/s1. The molecule has 3 heterocycles. The zero-order chi connectivity index (χ0) is 12.2. The Bertz CT molecular complexity index is 476. The van der Waals surface area contributed by atoms with Gasteiger partial charge in [-0.25, -0.2) is 4.98 Å². The summed E-state index contributed by atoms with van der Waals surface area (Å²) in [6, 6.07) is 0. The van der Waals surface area contributed by atoms with Crippen LogP contribution in [0.15, 0.2) is 30.2 Å². The molecule has 5 nitrogen and oxygen atoms in total. The number of nitrogens with zero attached hydrogens (tertiary/aromatic N) is 4. The fourth-order valence-corrected chi connectivity index (χ4v) is 2.68. The fourth-order valence-electron chi connectivity index (χ4n) is 2.02. The summed E-state index contributed by atoms with van der Waals surface area (Å²) in [5, 5.41) is 3.16. The number of ether oxygens (including phenoxy) is 1. The van der Waals surface area contributed by atoms with Crippen LogP contribution in [0.3, 0.4) is 0 Å². The van der Waals surface area contributed by atoms with E-state index < -0.39 is 0 Å². The predicted molar refractivity (Wildman–Crippen MR) is 68.1 cm³/mol. The number of hydrogen-bond donors (Lipinski definition) is 0. The van der Waals surface area contributed by atoms with E-state index in [4.69, 9.17) is 4.74 Å². The molecule has 2 aromatic heterocycles. The molecule has 0 aromatic carbocycles. The van der Waals surface area contributed by atoms with Crippen molar-refractivity contribution in [2.45, 2.75) is 12.6 Å². The molecular weight excluding hydrogens is 248 g/mol. The molecule has 1 saturated heterocycles. The Morgan fingerprint density at radius 1 is 1.33 bits per heavy atom. The molecule has 0 N–H and O–H groups in total. The molecule has 1 fully saturated rings. The van der Waals surface area contributed by atoms with Gasteiger partial charge in [-0.1, -0.05) is 0 Å². The highest BCUT2D eigenvalue weighted by atomic mass is 32.1. The van der Waals surface area contributed by atoms with E-state index in [1.165, 1.54) is 0 Å². The van der Waals surface area contributed by atoms with Gasteiger partial charge in [-0.05, 0) is 0 Å². The third-order valence-electron chi connectivity index (χ3n) is 2.91. The van der Waals surface area contributed by atoms with Crippen molar-refractivity contribution >= 4 is 11.3 Å². The maximum absolute atomic E-state index is 5.75. The Morgan fingerprint density at radius 3 is 3.11 bits per heavy atom. The highest BCUT2D eigenvalue weighted by molar-refractivity contribution is 7.09. The molecule has 2 aromatic rings. The Kier molecular flexibility index (Phi) is 3.59. The largest absolute Gasteiger partial charge is 0.369 e. The lowest BCUT2D eigenvalue weighted by atomic mass is 10.2. The van der Waals surface area contributed by atoms with Gasteiger partial charge in [0.1, 0.15) is 11.1 Å². The molecule has 0 unspecified atom stereocenters. The number of rotatable bonds is 3. The van der Waals surface area contributed by atoms with E-state index in [9.17, 15) is 0 Å². The molecular formula is C12H14N4OS. The molecule has 0 saturated carbocycles. The van der Waals surface area contributed by atoms with Crippen LogP contribution >= 0.6 is 11.3 Å². The lowest BCUT2D eigenvalue weighted by Crippen LogP contribution is -2.38. The van der Waals surface area contributed by atoms with Gasteiger partial charge >= 0.3 is 0 Å². The Morgan fingerprint density at radius 2 is 2.33 bits per heavy atom. The zero-order valence-corrected chi connectivity index (χ0v) is 10.7. The molecule has 0 spiro atoms. The summed E-state index contributed by atoms with van der Waals surface area (Å²) < 4.78 is 5.75. The molecule has 1 aliphatic rings. The topological polar surface area (TPSA) is 51.1 Å². The SMILES string of the molecule is c1cnc([C@@H]2CN(Cc3nccs3)CCO2)cn1. The van der Waals surface area contributed by atoms with Gasteiger partial charge in [0.15, 0.2) is 0 Å². The number of hydrogen-bond acceptors (Lipinski definition) is 6. The first-order chi connectivity index (χ1) is 8.92. The van der Waals surface area contributed by atoms with Crippen molar-refractivity contribution < 1.29 is 4.74 Å². The quantitative estimate of drug-likeness (QED) is 0.839. The lowest BCUT2D eigenvalue weighted by molar-refractivity contribution is -0.0351. The van der Waals surface area contributed by atoms with E-state index in [2.05, 4.69) is 19.9 Å². The van der Waals surface area contributed by atoms with Crippen LogP contribution in [-0.2, 0) is 11.3 Å². The van der Waals surface area contributed by atoms with Gasteiger partial charge in [-0.2, -0.15) is 0 Å². The lowest BCUT2D eigenvalue weighted by Gasteiger charge is -2.31. The number of aromatic nitrogens is 3. The van der Waals surface area contributed by atoms with E-state index in [0.717, 1.165) is 36.9 Å². The summed E-state index contributed by atoms with van der Waals surface area (Å²) in [6.07, 6.45) is 7.03. The van der Waals surface area contributed by atoms with Crippen molar-refractivity contribution in [3.8, 4) is 0 Å². The summed E-state index contributed by atoms with van der Waals surface area (Å²) in [5.74, 6) is 0. The molecule has 6 heteroatoms. The second-order valence-electron chi connectivity index (χ2n) is 4.15. The van der Waals surface area contributed by atoms with Crippen LogP contribution in [0.2, 0.25) is 0 Å². The van der Waals surface area contributed by atoms with Gasteiger partial charge in [0.25, 0.3) is 0 Å². The van der Waals surface area contributed by atoms with Crippen molar-refractivity contribution in [2.75, 3.05) is 19.7 Å². The zero-order valence-electron chi connectivity index (χ0n) is 9.90. The average Bonchev–Trinajstić information content (AvgIpc) is 2.93. The van der Waals surface area contributed by atoms with E-state index in [1.807, 2.05) is 11.6 Å². The molecule has 0 radical (unpaired) electrons. The van der Waals surface area contributed by atoms with Crippen LogP contribution in [0.25, 0.3) is 0 Å². The van der Waals surface area contributed by atoms with Crippen LogP contribution < -0.4 is 0 Å². The monoisotopic (exact) mass is 262 g/mol. The second kappa shape index (κ2) is 5.51. The minimum atomic E-state index is 0.0208. The van der Waals surface area contributed by atoms with Crippen molar-refractivity contribution in [1.29, 1.82) is 0 Å². The molecule has 1 aliphatic heterocycles. The summed E-state index contributed by atoms with van der Waals surface area (Å²) in [5.41, 5.74) is 0.904. The first kappa shape index (κ1) is 11.7. The maximum Gasteiger partial charge on any atom is 0.114 e. The number of thiazole rings is 1. The summed E-state index contributed by atoms with van der Waals surface area (Å²) in [4.78, 5) is 15.1. The smallest absolute Gasteiger partial charge is 0.114 e. The Hall–Kier alpha value is -1.37.